The predicted molar refractivity (Wildman–Crippen MR) is 84.4 cm³/mol. The number of carbonyl (C=O) groups is 1. The molecule has 0 bridgehead atoms. The Kier molecular flexibility index (Phi) is 6.21. The first kappa shape index (κ1) is 16.0. The van der Waals surface area contributed by atoms with Crippen LogP contribution in [0.4, 0.5) is 0 Å². The van der Waals surface area contributed by atoms with E-state index in [0.717, 1.165) is 24.2 Å². The zero-order chi connectivity index (χ0) is 15.1. The molecule has 2 rings (SSSR count). The average Bonchev–Trinajstić information content (AvgIpc) is 2.47. The molecule has 0 aromatic heterocycles. The van der Waals surface area contributed by atoms with Crippen molar-refractivity contribution in [3.8, 4) is 0 Å². The van der Waals surface area contributed by atoms with Crippen LogP contribution in [0.3, 0.4) is 0 Å². The van der Waals surface area contributed by atoms with Crippen LogP contribution in [0.2, 0.25) is 0 Å². The normalized spacial score (nSPS) is 17.6. The van der Waals surface area contributed by atoms with Gasteiger partial charge in [0.25, 0.3) is 0 Å². The van der Waals surface area contributed by atoms with Crippen LogP contribution in [-0.4, -0.2) is 41.7 Å². The summed E-state index contributed by atoms with van der Waals surface area (Å²) in [4.78, 5) is 13.4. The summed E-state index contributed by atoms with van der Waals surface area (Å²) in [5, 5.41) is 12.5. The number of nitrogens with zero attached hydrogens (tertiary/aromatic N) is 1. The van der Waals surface area contributed by atoms with Crippen molar-refractivity contribution in [3.05, 3.63) is 35.4 Å². The molecule has 4 heteroatoms. The van der Waals surface area contributed by atoms with E-state index in [1.165, 1.54) is 32.4 Å². The smallest absolute Gasteiger partial charge is 0.307 e. The number of aliphatic carboxylic acids is 1. The molecule has 21 heavy (non-hydrogen) atoms. The highest BCUT2D eigenvalue weighted by atomic mass is 16.4. The molecule has 0 aliphatic carbocycles. The minimum Gasteiger partial charge on any atom is -0.481 e. The molecule has 1 aromatic carbocycles. The first-order valence-electron chi connectivity index (χ1n) is 7.89. The fourth-order valence-electron chi connectivity index (χ4n) is 2.94. The van der Waals surface area contributed by atoms with Crippen molar-refractivity contribution >= 4 is 5.97 Å². The molecule has 116 valence electrons. The molecule has 1 fully saturated rings. The third kappa shape index (κ3) is 5.48. The molecule has 0 radical (unpaired) electrons. The van der Waals surface area contributed by atoms with Crippen LogP contribution in [0, 0.1) is 0 Å². The van der Waals surface area contributed by atoms with E-state index in [0.29, 0.717) is 6.04 Å². The Morgan fingerprint density at radius 2 is 1.90 bits per heavy atom. The summed E-state index contributed by atoms with van der Waals surface area (Å²) in [5.41, 5.74) is 1.99. The summed E-state index contributed by atoms with van der Waals surface area (Å²) < 4.78 is 0. The summed E-state index contributed by atoms with van der Waals surface area (Å²) in [6, 6.07) is 8.21. The standard InChI is InChI=1S/C17H26N2O2/c1-14(13-19-9-5-2-6-10-19)18-12-16-8-4-3-7-15(16)11-17(20)21/h3-4,7-8,14,18H,2,5-6,9-13H2,1H3,(H,20,21). The van der Waals surface area contributed by atoms with Crippen LogP contribution in [0.1, 0.15) is 37.3 Å². The van der Waals surface area contributed by atoms with Gasteiger partial charge in [0.15, 0.2) is 0 Å². The maximum Gasteiger partial charge on any atom is 0.307 e. The van der Waals surface area contributed by atoms with Gasteiger partial charge in [-0.05, 0) is 44.0 Å². The molecule has 1 atom stereocenters. The first-order chi connectivity index (χ1) is 10.1. The first-order valence-corrected chi connectivity index (χ1v) is 7.89. The van der Waals surface area contributed by atoms with E-state index in [1.54, 1.807) is 0 Å². The summed E-state index contributed by atoms with van der Waals surface area (Å²) in [6.45, 7) is 6.43. The molecule has 0 amide bonds. The molecule has 1 aliphatic rings. The van der Waals surface area contributed by atoms with Crippen molar-refractivity contribution in [2.45, 2.75) is 45.2 Å². The third-order valence-corrected chi connectivity index (χ3v) is 4.08. The van der Waals surface area contributed by atoms with Crippen LogP contribution in [0.15, 0.2) is 24.3 Å². The number of hydrogen-bond donors (Lipinski definition) is 2. The van der Waals surface area contributed by atoms with E-state index >= 15 is 0 Å². The van der Waals surface area contributed by atoms with Crippen LogP contribution in [0.25, 0.3) is 0 Å². The van der Waals surface area contributed by atoms with Gasteiger partial charge in [-0.3, -0.25) is 4.79 Å². The van der Waals surface area contributed by atoms with Gasteiger partial charge in [0.05, 0.1) is 6.42 Å². The molecule has 1 heterocycles. The van der Waals surface area contributed by atoms with E-state index in [9.17, 15) is 4.79 Å². The van der Waals surface area contributed by atoms with Gasteiger partial charge >= 0.3 is 5.97 Å². The lowest BCUT2D eigenvalue weighted by Crippen LogP contribution is -2.41. The molecule has 1 saturated heterocycles. The molecule has 0 spiro atoms. The number of carboxylic acids is 1. The van der Waals surface area contributed by atoms with Gasteiger partial charge in [0.2, 0.25) is 0 Å². The van der Waals surface area contributed by atoms with E-state index in [4.69, 9.17) is 5.11 Å². The number of piperidine rings is 1. The van der Waals surface area contributed by atoms with E-state index in [-0.39, 0.29) is 6.42 Å². The van der Waals surface area contributed by atoms with Crippen molar-refractivity contribution in [3.63, 3.8) is 0 Å². The molecule has 4 nitrogen and oxygen atoms in total. The zero-order valence-corrected chi connectivity index (χ0v) is 12.8. The predicted octanol–water partition coefficient (Wildman–Crippen LogP) is 2.28. The van der Waals surface area contributed by atoms with Crippen molar-refractivity contribution in [2.24, 2.45) is 0 Å². The van der Waals surface area contributed by atoms with Crippen LogP contribution in [-0.2, 0) is 17.8 Å². The number of rotatable bonds is 7. The number of likely N-dealkylation sites (tertiary alicyclic amines) is 1. The molecule has 1 aliphatic heterocycles. The van der Waals surface area contributed by atoms with Crippen LogP contribution >= 0.6 is 0 Å². The molecule has 2 N–H and O–H groups in total. The lowest BCUT2D eigenvalue weighted by atomic mass is 10.0. The Balaban J connectivity index is 1.82. The van der Waals surface area contributed by atoms with E-state index in [2.05, 4.69) is 17.1 Å². The Morgan fingerprint density at radius 3 is 2.57 bits per heavy atom. The monoisotopic (exact) mass is 290 g/mol. The minimum absolute atomic E-state index is 0.0956. The van der Waals surface area contributed by atoms with Crippen molar-refractivity contribution in [1.29, 1.82) is 0 Å². The van der Waals surface area contributed by atoms with Gasteiger partial charge in [-0.2, -0.15) is 0 Å². The number of carboxylic acid groups (broad SMARTS) is 1. The van der Waals surface area contributed by atoms with Crippen molar-refractivity contribution < 1.29 is 9.90 Å². The fourth-order valence-corrected chi connectivity index (χ4v) is 2.94. The number of nitrogens with one attached hydrogen (secondary N) is 1. The summed E-state index contributed by atoms with van der Waals surface area (Å²) >= 11 is 0. The summed E-state index contributed by atoms with van der Waals surface area (Å²) in [6.07, 6.45) is 4.08. The largest absolute Gasteiger partial charge is 0.481 e. The van der Waals surface area contributed by atoms with Crippen molar-refractivity contribution in [2.75, 3.05) is 19.6 Å². The average molecular weight is 290 g/mol. The highest BCUT2D eigenvalue weighted by molar-refractivity contribution is 5.70. The highest BCUT2D eigenvalue weighted by Gasteiger charge is 2.13. The maximum absolute atomic E-state index is 10.9. The maximum atomic E-state index is 10.9. The molecular formula is C17H26N2O2. The third-order valence-electron chi connectivity index (χ3n) is 4.08. The quantitative estimate of drug-likeness (QED) is 0.809. The molecular weight excluding hydrogens is 264 g/mol. The van der Waals surface area contributed by atoms with Gasteiger partial charge in [-0.1, -0.05) is 30.7 Å². The second-order valence-electron chi connectivity index (χ2n) is 5.98. The lowest BCUT2D eigenvalue weighted by molar-refractivity contribution is -0.136. The van der Waals surface area contributed by atoms with E-state index < -0.39 is 5.97 Å². The minimum atomic E-state index is -0.774. The van der Waals surface area contributed by atoms with Gasteiger partial charge in [-0.15, -0.1) is 0 Å². The highest BCUT2D eigenvalue weighted by Crippen LogP contribution is 2.11. The number of benzene rings is 1. The molecule has 1 aromatic rings. The topological polar surface area (TPSA) is 52.6 Å². The van der Waals surface area contributed by atoms with Gasteiger partial charge in [0, 0.05) is 19.1 Å². The Labute approximate surface area is 127 Å². The Bertz CT molecular complexity index is 456. The Morgan fingerprint density at radius 1 is 1.24 bits per heavy atom. The van der Waals surface area contributed by atoms with Crippen molar-refractivity contribution in [1.82, 2.24) is 10.2 Å². The molecule has 1 unspecified atom stereocenters. The summed E-state index contributed by atoms with van der Waals surface area (Å²) in [7, 11) is 0. The zero-order valence-electron chi connectivity index (χ0n) is 12.8. The number of hydrogen-bond acceptors (Lipinski definition) is 3. The van der Waals surface area contributed by atoms with Gasteiger partial charge in [-0.25, -0.2) is 0 Å². The lowest BCUT2D eigenvalue weighted by Gasteiger charge is -2.29. The fraction of sp³-hybridized carbons (Fsp3) is 0.588. The second kappa shape index (κ2) is 8.15. The van der Waals surface area contributed by atoms with Crippen LogP contribution < -0.4 is 5.32 Å². The SMILES string of the molecule is CC(CN1CCCCC1)NCc1ccccc1CC(=O)O. The Hall–Kier alpha value is -1.39. The van der Waals surface area contributed by atoms with E-state index in [1.807, 2.05) is 24.3 Å². The van der Waals surface area contributed by atoms with Gasteiger partial charge < -0.3 is 15.3 Å². The summed E-state index contributed by atoms with van der Waals surface area (Å²) in [5.74, 6) is -0.774. The molecule has 0 saturated carbocycles. The van der Waals surface area contributed by atoms with Gasteiger partial charge in [0.1, 0.15) is 0 Å². The second-order valence-corrected chi connectivity index (χ2v) is 5.98. The van der Waals surface area contributed by atoms with Crippen LogP contribution in [0.5, 0.6) is 0 Å².